The average molecular weight is 515 g/mol. The fourth-order valence-corrected chi connectivity index (χ4v) is 4.95. The molecule has 2 N–H and O–H groups in total. The predicted octanol–water partition coefficient (Wildman–Crippen LogP) is 3.70. The molecule has 0 spiro atoms. The summed E-state index contributed by atoms with van der Waals surface area (Å²) in [5, 5.41) is 20.1. The van der Waals surface area contributed by atoms with Crippen molar-refractivity contribution >= 4 is 35.7 Å². The van der Waals surface area contributed by atoms with Crippen LogP contribution in [0.15, 0.2) is 47.3 Å². The van der Waals surface area contributed by atoms with Gasteiger partial charge in [-0.2, -0.15) is 0 Å². The summed E-state index contributed by atoms with van der Waals surface area (Å²) < 4.78 is 1.60. The molecule has 2 amide bonds. The highest BCUT2D eigenvalue weighted by molar-refractivity contribution is 8.07. The summed E-state index contributed by atoms with van der Waals surface area (Å²) in [6.07, 6.45) is 6.26. The van der Waals surface area contributed by atoms with Gasteiger partial charge in [0, 0.05) is 23.7 Å². The molecule has 36 heavy (non-hydrogen) atoms. The number of aromatic nitrogens is 3. The van der Waals surface area contributed by atoms with Gasteiger partial charge in [0.1, 0.15) is 6.04 Å². The van der Waals surface area contributed by atoms with E-state index in [1.807, 2.05) is 65.1 Å². The van der Waals surface area contributed by atoms with Gasteiger partial charge in [0.15, 0.2) is 0 Å². The number of β-amino-alcohol motifs (C(OH)–C–C–N with tert-alkyl or cyclic N) is 1. The van der Waals surface area contributed by atoms with Crippen LogP contribution < -0.4 is 5.32 Å². The van der Waals surface area contributed by atoms with Crippen LogP contribution in [-0.2, 0) is 9.59 Å². The number of thioether (sulfide) groups is 1. The van der Waals surface area contributed by atoms with Gasteiger partial charge in [0.25, 0.3) is 0 Å². The number of hydrogen-bond acceptors (Lipinski definition) is 7. The number of aliphatic hydroxyl groups is 1. The number of amides is 2. The summed E-state index contributed by atoms with van der Waals surface area (Å²) in [5.74, 6) is 0.142. The van der Waals surface area contributed by atoms with Crippen LogP contribution in [0.3, 0.4) is 0 Å². The zero-order valence-corrected chi connectivity index (χ0v) is 22.8. The Morgan fingerprint density at radius 2 is 1.97 bits per heavy atom. The Labute approximate surface area is 218 Å². The number of carbonyl (C=O) groups excluding carboxylic acids is 2. The molecule has 9 nitrogen and oxygen atoms in total. The summed E-state index contributed by atoms with van der Waals surface area (Å²) >= 11 is 1.65. The number of rotatable bonds is 9. The highest BCUT2D eigenvalue weighted by Gasteiger charge is 2.37. The first-order valence-electron chi connectivity index (χ1n) is 12.0. The van der Waals surface area contributed by atoms with Crippen LogP contribution >= 0.6 is 11.8 Å². The highest BCUT2D eigenvalue weighted by atomic mass is 32.2. The molecule has 1 saturated heterocycles. The van der Waals surface area contributed by atoms with Crippen LogP contribution in [-0.4, -0.2) is 69.0 Å². The number of aliphatic imine (C=N–C) groups is 1. The van der Waals surface area contributed by atoms with Crippen LogP contribution in [0.5, 0.6) is 0 Å². The zero-order chi connectivity index (χ0) is 26.8. The minimum Gasteiger partial charge on any atom is -0.391 e. The molecule has 1 aliphatic rings. The second-order valence-electron chi connectivity index (χ2n) is 9.21. The van der Waals surface area contributed by atoms with Crippen LogP contribution in [0.25, 0.3) is 4.91 Å². The molecule has 0 saturated carbocycles. The van der Waals surface area contributed by atoms with Crippen molar-refractivity contribution in [2.45, 2.75) is 65.3 Å². The van der Waals surface area contributed by atoms with Crippen molar-refractivity contribution in [3.8, 4) is 0 Å². The number of nitrogens with one attached hydrogen (secondary N) is 1. The van der Waals surface area contributed by atoms with Gasteiger partial charge in [0.2, 0.25) is 12.3 Å². The third-order valence-electron chi connectivity index (χ3n) is 6.21. The molecule has 10 heteroatoms. The molecule has 4 atom stereocenters. The van der Waals surface area contributed by atoms with Crippen molar-refractivity contribution in [3.63, 3.8) is 0 Å². The quantitative estimate of drug-likeness (QED) is 0.390. The van der Waals surface area contributed by atoms with Crippen molar-refractivity contribution in [3.05, 3.63) is 53.5 Å². The number of likely N-dealkylation sites (tertiary alicyclic amines) is 1. The van der Waals surface area contributed by atoms with Gasteiger partial charge in [-0.1, -0.05) is 43.3 Å². The third-order valence-corrected chi connectivity index (χ3v) is 7.15. The molecule has 3 rings (SSSR count). The monoisotopic (exact) mass is 514 g/mol. The van der Waals surface area contributed by atoms with Crippen molar-refractivity contribution in [1.29, 1.82) is 0 Å². The topological polar surface area (TPSA) is 113 Å². The number of hydrogen-bond donors (Lipinski definition) is 2. The standard InChI is InChI=1S/C14H18N2OS.C12H20N4O2/c1-10(16-9-17)12-5-7-13(8-6-12)14(18-4)11(2)15-3;1-8(2)11(16-5-4-13-14-16)12(18)15-7-10(17)6-9(15)3/h5-10H,3H2,1-2,4H3,(H,16,17);4-5,8-11,17H,6-7H2,1-3H3/b14-11-;. The summed E-state index contributed by atoms with van der Waals surface area (Å²) in [4.78, 5) is 29.8. The first-order chi connectivity index (χ1) is 17.1. The number of allylic oxidation sites excluding steroid dienone is 1. The van der Waals surface area contributed by atoms with Crippen LogP contribution in [0.4, 0.5) is 0 Å². The number of nitrogens with zero attached hydrogens (tertiary/aromatic N) is 5. The lowest BCUT2D eigenvalue weighted by Crippen LogP contribution is -2.41. The number of aliphatic hydroxyl groups excluding tert-OH is 1. The van der Waals surface area contributed by atoms with E-state index in [-0.39, 0.29) is 30.0 Å². The number of benzene rings is 1. The third kappa shape index (κ3) is 7.51. The molecule has 0 bridgehead atoms. The minimum atomic E-state index is -0.410. The first kappa shape index (κ1) is 29.3. The maximum atomic E-state index is 12.6. The van der Waals surface area contributed by atoms with Gasteiger partial charge in [-0.3, -0.25) is 14.6 Å². The van der Waals surface area contributed by atoms with E-state index in [1.165, 1.54) is 0 Å². The van der Waals surface area contributed by atoms with Gasteiger partial charge < -0.3 is 15.3 Å². The van der Waals surface area contributed by atoms with Crippen molar-refractivity contribution in [2.75, 3.05) is 12.8 Å². The zero-order valence-electron chi connectivity index (χ0n) is 22.0. The first-order valence-corrected chi connectivity index (χ1v) is 13.2. The second kappa shape index (κ2) is 13.9. The maximum Gasteiger partial charge on any atom is 0.248 e. The maximum absolute atomic E-state index is 12.6. The molecule has 4 unspecified atom stereocenters. The largest absolute Gasteiger partial charge is 0.391 e. The lowest BCUT2D eigenvalue weighted by atomic mass is 10.0. The lowest BCUT2D eigenvalue weighted by molar-refractivity contribution is -0.137. The van der Waals surface area contributed by atoms with E-state index in [4.69, 9.17) is 0 Å². The van der Waals surface area contributed by atoms with Gasteiger partial charge >= 0.3 is 0 Å². The van der Waals surface area contributed by atoms with Crippen LogP contribution in [0, 0.1) is 5.92 Å². The van der Waals surface area contributed by atoms with E-state index < -0.39 is 6.10 Å². The Balaban J connectivity index is 0.000000254. The Morgan fingerprint density at radius 1 is 1.31 bits per heavy atom. The Bertz CT molecular complexity index is 1020. The second-order valence-corrected chi connectivity index (χ2v) is 10.0. The Morgan fingerprint density at radius 3 is 2.42 bits per heavy atom. The predicted molar refractivity (Wildman–Crippen MR) is 145 cm³/mol. The van der Waals surface area contributed by atoms with E-state index >= 15 is 0 Å². The molecule has 0 aliphatic carbocycles. The van der Waals surface area contributed by atoms with Gasteiger partial charge in [0.05, 0.1) is 24.0 Å². The van der Waals surface area contributed by atoms with Gasteiger partial charge in [-0.05, 0) is 57.2 Å². The normalized spacial score (nSPS) is 19.6. The molecule has 1 fully saturated rings. The molecule has 0 radical (unpaired) electrons. The smallest absolute Gasteiger partial charge is 0.248 e. The summed E-state index contributed by atoms with van der Waals surface area (Å²) in [6.45, 7) is 13.8. The summed E-state index contributed by atoms with van der Waals surface area (Å²) in [6, 6.07) is 7.87. The molecule has 2 aromatic rings. The van der Waals surface area contributed by atoms with E-state index in [1.54, 1.807) is 33.7 Å². The van der Waals surface area contributed by atoms with E-state index in [2.05, 4.69) is 27.3 Å². The van der Waals surface area contributed by atoms with Crippen LogP contribution in [0.2, 0.25) is 0 Å². The molecule has 196 valence electrons. The number of carbonyl (C=O) groups is 2. The summed E-state index contributed by atoms with van der Waals surface area (Å²) in [7, 11) is 0. The van der Waals surface area contributed by atoms with E-state index in [0.29, 0.717) is 13.0 Å². The molecule has 1 aromatic heterocycles. The Kier molecular flexibility index (Phi) is 11.3. The van der Waals surface area contributed by atoms with Crippen molar-refractivity contribution in [2.24, 2.45) is 10.9 Å². The van der Waals surface area contributed by atoms with Crippen molar-refractivity contribution in [1.82, 2.24) is 25.2 Å². The molecule has 1 aliphatic heterocycles. The van der Waals surface area contributed by atoms with E-state index in [9.17, 15) is 14.7 Å². The van der Waals surface area contributed by atoms with E-state index in [0.717, 1.165) is 28.1 Å². The SMILES string of the molecule is C=N/C(C)=C(\SC)c1ccc(C(C)NC=O)cc1.CC(C)C(C(=O)N1CC(O)CC1C)n1ccnn1. The minimum absolute atomic E-state index is 0.0135. The highest BCUT2D eigenvalue weighted by Crippen LogP contribution is 2.30. The molecular weight excluding hydrogens is 476 g/mol. The lowest BCUT2D eigenvalue weighted by Gasteiger charge is -2.28. The molecule has 2 heterocycles. The molecular formula is C26H38N6O3S. The van der Waals surface area contributed by atoms with Crippen molar-refractivity contribution < 1.29 is 14.7 Å². The van der Waals surface area contributed by atoms with Gasteiger partial charge in [-0.25, -0.2) is 4.68 Å². The fraction of sp³-hybridized carbons (Fsp3) is 0.500. The van der Waals surface area contributed by atoms with Crippen LogP contribution in [0.1, 0.15) is 64.3 Å². The fourth-order valence-electron chi connectivity index (χ4n) is 4.22. The average Bonchev–Trinajstić information content (AvgIpc) is 3.49. The molecule has 1 aromatic carbocycles. The Hall–Kier alpha value is -2.98. The summed E-state index contributed by atoms with van der Waals surface area (Å²) in [5.41, 5.74) is 3.12. The van der Waals surface area contributed by atoms with Gasteiger partial charge in [-0.15, -0.1) is 16.9 Å².